The van der Waals surface area contributed by atoms with Gasteiger partial charge >= 0.3 is 0 Å². The Balaban J connectivity index is 1.37. The van der Waals surface area contributed by atoms with Crippen molar-refractivity contribution in [2.45, 2.75) is 38.8 Å². The molecule has 2 aliphatic rings. The molecular formula is C23H31ClN6. The number of pyridine rings is 1. The molecule has 0 amide bonds. The number of aliphatic imine (C=N–C) groups is 1. The number of benzene rings is 1. The number of halogens is 1. The third-order valence-electron chi connectivity index (χ3n) is 5.71. The minimum absolute atomic E-state index is 0.361. The Kier molecular flexibility index (Phi) is 6.95. The number of aromatic nitrogens is 1. The molecule has 30 heavy (non-hydrogen) atoms. The zero-order valence-corrected chi connectivity index (χ0v) is 18.4. The molecule has 1 aromatic heterocycles. The average molecular weight is 427 g/mol. The van der Waals surface area contributed by atoms with Gasteiger partial charge in [-0.2, -0.15) is 0 Å². The minimum atomic E-state index is 0.361. The Bertz CT molecular complexity index is 864. The standard InChI is InChI=1S/C23H31ClN6/c1-2-25-23(27-16-18-8-10-26-22(14-18)29-11-3-4-12-29)28-20-9-13-30(17-20)21-7-5-6-19(24)15-21/h5-8,10,14-15,20H,2-4,9,11-13,16-17H2,1H3,(H2,25,27,28). The van der Waals surface area contributed by atoms with Gasteiger partial charge in [0.05, 0.1) is 6.54 Å². The summed E-state index contributed by atoms with van der Waals surface area (Å²) in [4.78, 5) is 14.1. The Labute approximate surface area is 184 Å². The molecule has 4 rings (SSSR count). The maximum atomic E-state index is 6.16. The Morgan fingerprint density at radius 2 is 2.03 bits per heavy atom. The van der Waals surface area contributed by atoms with Crippen molar-refractivity contribution in [1.29, 1.82) is 0 Å². The Hall–Kier alpha value is -2.47. The van der Waals surface area contributed by atoms with Crippen LogP contribution in [-0.4, -0.2) is 49.7 Å². The monoisotopic (exact) mass is 426 g/mol. The first-order valence-corrected chi connectivity index (χ1v) is 11.3. The molecule has 1 aromatic carbocycles. The van der Waals surface area contributed by atoms with E-state index in [0.29, 0.717) is 12.6 Å². The van der Waals surface area contributed by atoms with Crippen molar-refractivity contribution in [2.24, 2.45) is 4.99 Å². The molecule has 3 heterocycles. The number of hydrogen-bond donors (Lipinski definition) is 2. The lowest BCUT2D eigenvalue weighted by atomic mass is 10.2. The summed E-state index contributed by atoms with van der Waals surface area (Å²) in [5.41, 5.74) is 2.37. The van der Waals surface area contributed by atoms with Crippen LogP contribution >= 0.6 is 11.6 Å². The van der Waals surface area contributed by atoms with Crippen LogP contribution in [0.15, 0.2) is 47.6 Å². The van der Waals surface area contributed by atoms with Gasteiger partial charge in [0.1, 0.15) is 5.82 Å². The van der Waals surface area contributed by atoms with Gasteiger partial charge in [-0.3, -0.25) is 0 Å². The predicted molar refractivity (Wildman–Crippen MR) is 126 cm³/mol. The highest BCUT2D eigenvalue weighted by Crippen LogP contribution is 2.23. The summed E-state index contributed by atoms with van der Waals surface area (Å²) >= 11 is 6.16. The topological polar surface area (TPSA) is 55.8 Å². The van der Waals surface area contributed by atoms with E-state index in [4.69, 9.17) is 16.6 Å². The maximum Gasteiger partial charge on any atom is 0.191 e. The molecule has 160 valence electrons. The zero-order valence-electron chi connectivity index (χ0n) is 17.6. The predicted octanol–water partition coefficient (Wildman–Crippen LogP) is 3.67. The molecule has 6 nitrogen and oxygen atoms in total. The normalized spacial score (nSPS) is 19.4. The molecule has 0 saturated carbocycles. The van der Waals surface area contributed by atoms with Crippen LogP contribution in [0.3, 0.4) is 0 Å². The summed E-state index contributed by atoms with van der Waals surface area (Å²) in [7, 11) is 0. The lowest BCUT2D eigenvalue weighted by Gasteiger charge is -2.20. The number of nitrogens with one attached hydrogen (secondary N) is 2. The summed E-state index contributed by atoms with van der Waals surface area (Å²) in [6.07, 6.45) is 5.49. The molecule has 7 heteroatoms. The van der Waals surface area contributed by atoms with Crippen LogP contribution in [0, 0.1) is 0 Å². The largest absolute Gasteiger partial charge is 0.369 e. The number of nitrogens with zero attached hydrogens (tertiary/aromatic N) is 4. The van der Waals surface area contributed by atoms with E-state index >= 15 is 0 Å². The fourth-order valence-corrected chi connectivity index (χ4v) is 4.33. The fourth-order valence-electron chi connectivity index (χ4n) is 4.15. The van der Waals surface area contributed by atoms with Crippen LogP contribution in [0.5, 0.6) is 0 Å². The first kappa shape index (κ1) is 20.8. The second-order valence-corrected chi connectivity index (χ2v) is 8.40. The lowest BCUT2D eigenvalue weighted by molar-refractivity contribution is 0.649. The quantitative estimate of drug-likeness (QED) is 0.545. The van der Waals surface area contributed by atoms with Gasteiger partial charge in [-0.05, 0) is 62.1 Å². The van der Waals surface area contributed by atoms with Crippen molar-refractivity contribution in [3.8, 4) is 0 Å². The van der Waals surface area contributed by atoms with Crippen molar-refractivity contribution < 1.29 is 0 Å². The summed E-state index contributed by atoms with van der Waals surface area (Å²) in [6, 6.07) is 12.7. The molecule has 0 bridgehead atoms. The van der Waals surface area contributed by atoms with Crippen molar-refractivity contribution in [1.82, 2.24) is 15.6 Å². The highest BCUT2D eigenvalue weighted by atomic mass is 35.5. The van der Waals surface area contributed by atoms with Crippen LogP contribution < -0.4 is 20.4 Å². The highest BCUT2D eigenvalue weighted by molar-refractivity contribution is 6.30. The van der Waals surface area contributed by atoms with Crippen LogP contribution in [0.4, 0.5) is 11.5 Å². The third kappa shape index (κ3) is 5.36. The molecule has 1 atom stereocenters. The van der Waals surface area contributed by atoms with Gasteiger partial charge in [-0.1, -0.05) is 17.7 Å². The molecule has 0 spiro atoms. The first-order valence-electron chi connectivity index (χ1n) is 11.0. The van der Waals surface area contributed by atoms with E-state index in [2.05, 4.69) is 50.5 Å². The van der Waals surface area contributed by atoms with E-state index in [0.717, 1.165) is 55.9 Å². The minimum Gasteiger partial charge on any atom is -0.369 e. The summed E-state index contributed by atoms with van der Waals surface area (Å²) in [5.74, 6) is 1.95. The maximum absolute atomic E-state index is 6.16. The summed E-state index contributed by atoms with van der Waals surface area (Å²) in [5, 5.41) is 7.78. The number of anilines is 2. The van der Waals surface area contributed by atoms with E-state index in [1.165, 1.54) is 24.1 Å². The number of rotatable bonds is 6. The van der Waals surface area contributed by atoms with E-state index in [9.17, 15) is 0 Å². The van der Waals surface area contributed by atoms with Gasteiger partial charge < -0.3 is 20.4 Å². The average Bonchev–Trinajstić information content (AvgIpc) is 3.45. The number of guanidine groups is 1. The SMILES string of the molecule is CCNC(=NCc1ccnc(N2CCCC2)c1)NC1CCN(c2cccc(Cl)c2)C1. The van der Waals surface area contributed by atoms with Gasteiger partial charge in [-0.25, -0.2) is 9.98 Å². The molecule has 0 aliphatic carbocycles. The van der Waals surface area contributed by atoms with Crippen LogP contribution in [0.25, 0.3) is 0 Å². The molecule has 2 aromatic rings. The second-order valence-electron chi connectivity index (χ2n) is 7.97. The van der Waals surface area contributed by atoms with Gasteiger partial charge in [0, 0.05) is 55.7 Å². The van der Waals surface area contributed by atoms with Crippen molar-refractivity contribution >= 4 is 29.1 Å². The molecular weight excluding hydrogens is 396 g/mol. The third-order valence-corrected chi connectivity index (χ3v) is 5.94. The molecule has 2 aliphatic heterocycles. The summed E-state index contributed by atoms with van der Waals surface area (Å²) < 4.78 is 0. The van der Waals surface area contributed by atoms with Crippen LogP contribution in [0.1, 0.15) is 31.7 Å². The zero-order chi connectivity index (χ0) is 20.8. The van der Waals surface area contributed by atoms with Gasteiger partial charge in [-0.15, -0.1) is 0 Å². The molecule has 2 fully saturated rings. The van der Waals surface area contributed by atoms with Crippen molar-refractivity contribution in [3.05, 3.63) is 53.2 Å². The molecule has 1 unspecified atom stereocenters. The van der Waals surface area contributed by atoms with E-state index in [1.807, 2.05) is 24.4 Å². The van der Waals surface area contributed by atoms with E-state index in [1.54, 1.807) is 0 Å². The fraction of sp³-hybridized carbons (Fsp3) is 0.478. The van der Waals surface area contributed by atoms with Gasteiger partial charge in [0.2, 0.25) is 0 Å². The Morgan fingerprint density at radius 3 is 2.83 bits per heavy atom. The molecule has 2 saturated heterocycles. The Morgan fingerprint density at radius 1 is 1.17 bits per heavy atom. The number of hydrogen-bond acceptors (Lipinski definition) is 4. The summed E-state index contributed by atoms with van der Waals surface area (Å²) in [6.45, 7) is 7.75. The van der Waals surface area contributed by atoms with Gasteiger partial charge in [0.25, 0.3) is 0 Å². The first-order chi connectivity index (χ1) is 14.7. The van der Waals surface area contributed by atoms with E-state index < -0.39 is 0 Å². The van der Waals surface area contributed by atoms with Crippen molar-refractivity contribution in [3.63, 3.8) is 0 Å². The smallest absolute Gasteiger partial charge is 0.191 e. The highest BCUT2D eigenvalue weighted by Gasteiger charge is 2.23. The van der Waals surface area contributed by atoms with E-state index in [-0.39, 0.29) is 0 Å². The van der Waals surface area contributed by atoms with Crippen molar-refractivity contribution in [2.75, 3.05) is 42.5 Å². The van der Waals surface area contributed by atoms with Crippen LogP contribution in [0.2, 0.25) is 5.02 Å². The molecule has 2 N–H and O–H groups in total. The van der Waals surface area contributed by atoms with Crippen LogP contribution in [-0.2, 0) is 6.54 Å². The second kappa shape index (κ2) is 10.0. The lowest BCUT2D eigenvalue weighted by Crippen LogP contribution is -2.44. The molecule has 0 radical (unpaired) electrons. The van der Waals surface area contributed by atoms with Gasteiger partial charge in [0.15, 0.2) is 5.96 Å².